The summed E-state index contributed by atoms with van der Waals surface area (Å²) in [7, 11) is 2.93. The Hall–Kier alpha value is -3.38. The maximum Gasteiger partial charge on any atom is 0.250 e. The fourth-order valence-corrected chi connectivity index (χ4v) is 7.01. The van der Waals surface area contributed by atoms with Crippen molar-refractivity contribution in [1.82, 2.24) is 15.6 Å². The second-order valence-corrected chi connectivity index (χ2v) is 14.7. The Kier molecular flexibility index (Phi) is 24.4. The van der Waals surface area contributed by atoms with Gasteiger partial charge in [-0.3, -0.25) is 19.4 Å². The molecule has 0 aliphatic rings. The smallest absolute Gasteiger partial charge is 0.250 e. The van der Waals surface area contributed by atoms with Crippen LogP contribution in [0.3, 0.4) is 0 Å². The fraction of sp³-hybridized carbons (Fsp3) is 0.474. The molecule has 1 heterocycles. The number of nitrogens with two attached hydrogens (primary N) is 1. The van der Waals surface area contributed by atoms with Crippen molar-refractivity contribution < 1.29 is 24.6 Å². The van der Waals surface area contributed by atoms with Crippen molar-refractivity contribution in [2.45, 2.75) is 88.9 Å². The van der Waals surface area contributed by atoms with Crippen LogP contribution in [0.5, 0.6) is 0 Å². The van der Waals surface area contributed by atoms with E-state index in [-0.39, 0.29) is 23.7 Å². The molecule has 0 saturated carbocycles. The van der Waals surface area contributed by atoms with Crippen molar-refractivity contribution in [2.24, 2.45) is 5.73 Å². The number of carbonyl (C=O) groups is 3. The molecule has 3 amide bonds. The number of rotatable bonds is 26. The van der Waals surface area contributed by atoms with Crippen LogP contribution in [-0.4, -0.2) is 69.2 Å². The molecule has 0 aliphatic heterocycles. The summed E-state index contributed by atoms with van der Waals surface area (Å²) >= 11 is 0. The first-order chi connectivity index (χ1) is 23.6. The lowest BCUT2D eigenvalue weighted by Crippen LogP contribution is -2.43. The molecule has 0 radical (unpaired) electrons. The number of amides is 3. The van der Waals surface area contributed by atoms with Gasteiger partial charge in [-0.25, -0.2) is 0 Å². The van der Waals surface area contributed by atoms with Gasteiger partial charge in [0, 0.05) is 36.2 Å². The number of hydrogen-bond acceptors (Lipinski definition) is 8. The molecule has 2 atom stereocenters. The van der Waals surface area contributed by atoms with Crippen LogP contribution in [0.15, 0.2) is 91.2 Å². The SMILES string of the molecule is CC/C=C\C/C=C\C/C=C\C/C=C\C/C=C\C/C=C\CCC(=O)NCCSSC(C)(C)[C@@H](C(=O)NC[C@@H](O)CO)c1ncccc1C(N)=O. The van der Waals surface area contributed by atoms with E-state index in [4.69, 9.17) is 10.8 Å². The summed E-state index contributed by atoms with van der Waals surface area (Å²) in [6.45, 7) is 5.68. The second-order valence-electron chi connectivity index (χ2n) is 11.6. The Bertz CT molecular complexity index is 1290. The van der Waals surface area contributed by atoms with Crippen LogP contribution in [0.4, 0.5) is 0 Å². The van der Waals surface area contributed by atoms with Crippen LogP contribution in [0.2, 0.25) is 0 Å². The van der Waals surface area contributed by atoms with Gasteiger partial charge in [-0.1, -0.05) is 101 Å². The van der Waals surface area contributed by atoms with Crippen LogP contribution in [0.25, 0.3) is 0 Å². The Balaban J connectivity index is 2.35. The van der Waals surface area contributed by atoms with Gasteiger partial charge in [0.25, 0.3) is 5.91 Å². The Morgan fingerprint density at radius 1 is 0.898 bits per heavy atom. The minimum absolute atomic E-state index is 0.0244. The average molecular weight is 713 g/mol. The molecule has 11 heteroatoms. The molecule has 270 valence electrons. The van der Waals surface area contributed by atoms with E-state index in [1.54, 1.807) is 6.07 Å². The summed E-state index contributed by atoms with van der Waals surface area (Å²) in [5.41, 5.74) is 5.96. The van der Waals surface area contributed by atoms with Crippen LogP contribution < -0.4 is 16.4 Å². The normalized spacial score (nSPS) is 13.8. The first-order valence-corrected chi connectivity index (χ1v) is 19.2. The third-order valence-corrected chi connectivity index (χ3v) is 10.3. The van der Waals surface area contributed by atoms with Crippen molar-refractivity contribution in [3.05, 3.63) is 102 Å². The Morgan fingerprint density at radius 2 is 1.45 bits per heavy atom. The summed E-state index contributed by atoms with van der Waals surface area (Å²) in [4.78, 5) is 42.0. The van der Waals surface area contributed by atoms with Gasteiger partial charge in [-0.2, -0.15) is 0 Å². The van der Waals surface area contributed by atoms with E-state index in [0.29, 0.717) is 25.1 Å². The monoisotopic (exact) mass is 712 g/mol. The van der Waals surface area contributed by atoms with Crippen molar-refractivity contribution in [3.8, 4) is 0 Å². The summed E-state index contributed by atoms with van der Waals surface area (Å²) in [6.07, 6.45) is 33.0. The molecular formula is C38H56N4O5S2. The van der Waals surface area contributed by atoms with Crippen LogP contribution in [-0.2, 0) is 9.59 Å². The van der Waals surface area contributed by atoms with Gasteiger partial charge >= 0.3 is 0 Å². The first-order valence-electron chi connectivity index (χ1n) is 16.9. The third kappa shape index (κ3) is 20.7. The van der Waals surface area contributed by atoms with E-state index < -0.39 is 35.2 Å². The van der Waals surface area contributed by atoms with E-state index in [1.807, 2.05) is 19.9 Å². The van der Waals surface area contributed by atoms with Gasteiger partial charge < -0.3 is 26.6 Å². The lowest BCUT2D eigenvalue weighted by Gasteiger charge is -2.33. The molecule has 0 spiro atoms. The van der Waals surface area contributed by atoms with Gasteiger partial charge in [0.2, 0.25) is 11.8 Å². The number of pyridine rings is 1. The van der Waals surface area contributed by atoms with Crippen molar-refractivity contribution >= 4 is 39.3 Å². The Morgan fingerprint density at radius 3 is 1.98 bits per heavy atom. The van der Waals surface area contributed by atoms with E-state index in [2.05, 4.69) is 89.4 Å². The quantitative estimate of drug-likeness (QED) is 0.0415. The lowest BCUT2D eigenvalue weighted by molar-refractivity contribution is -0.124. The zero-order chi connectivity index (χ0) is 36.2. The zero-order valence-electron chi connectivity index (χ0n) is 29.3. The van der Waals surface area contributed by atoms with E-state index in [9.17, 15) is 19.5 Å². The minimum atomic E-state index is -1.11. The number of primary amides is 1. The second kappa shape index (κ2) is 27.4. The molecule has 0 fully saturated rings. The van der Waals surface area contributed by atoms with Crippen LogP contribution in [0, 0.1) is 0 Å². The van der Waals surface area contributed by atoms with Crippen LogP contribution >= 0.6 is 21.6 Å². The number of aliphatic hydroxyl groups excluding tert-OH is 2. The molecule has 0 bridgehead atoms. The van der Waals surface area contributed by atoms with Crippen molar-refractivity contribution in [2.75, 3.05) is 25.4 Å². The van der Waals surface area contributed by atoms with Crippen molar-refractivity contribution in [3.63, 3.8) is 0 Å². The summed E-state index contributed by atoms with van der Waals surface area (Å²) in [6, 6.07) is 3.10. The third-order valence-electron chi connectivity index (χ3n) is 6.97. The molecule has 0 aliphatic carbocycles. The van der Waals surface area contributed by atoms with Crippen molar-refractivity contribution in [1.29, 1.82) is 0 Å². The maximum atomic E-state index is 13.3. The largest absolute Gasteiger partial charge is 0.394 e. The maximum absolute atomic E-state index is 13.3. The molecule has 9 nitrogen and oxygen atoms in total. The number of aliphatic hydroxyl groups is 2. The standard InChI is InChI=1S/C38H56N4O5S2/c1-4-5-6-7-8-9-10-11-12-13-14-15-16-17-18-19-20-21-22-25-33(45)40-27-28-48-49-38(2,3)34(37(47)42-29-31(44)30-43)35-32(36(39)46)24-23-26-41-35/h5-6,8-9,11-12,14-15,17-18,20-21,23-24,26,31,34,43-44H,4,7,10,13,16,19,22,25,27-30H2,1-3H3,(H2,39,46)(H,40,45)(H,42,47)/b6-5-,9-8-,12-11-,15-14-,18-17-,21-20-/t31-,34-/m1/s1. The van der Waals surface area contributed by atoms with E-state index in [0.717, 1.165) is 38.5 Å². The molecule has 1 aromatic heterocycles. The molecule has 1 aromatic rings. The Labute approximate surface area is 301 Å². The number of nitrogens with zero attached hydrogens (tertiary/aromatic N) is 1. The minimum Gasteiger partial charge on any atom is -0.394 e. The highest BCUT2D eigenvalue weighted by molar-refractivity contribution is 8.77. The highest BCUT2D eigenvalue weighted by Crippen LogP contribution is 2.45. The molecule has 0 unspecified atom stereocenters. The summed E-state index contributed by atoms with van der Waals surface area (Å²) in [5.74, 6) is -1.45. The zero-order valence-corrected chi connectivity index (χ0v) is 30.9. The fourth-order valence-electron chi connectivity index (χ4n) is 4.43. The van der Waals surface area contributed by atoms with E-state index in [1.165, 1.54) is 33.9 Å². The molecular weight excluding hydrogens is 657 g/mol. The highest BCUT2D eigenvalue weighted by Gasteiger charge is 2.40. The van der Waals surface area contributed by atoms with Gasteiger partial charge in [0.05, 0.1) is 29.9 Å². The van der Waals surface area contributed by atoms with E-state index >= 15 is 0 Å². The topological polar surface area (TPSA) is 155 Å². The molecule has 6 N–H and O–H groups in total. The predicted molar refractivity (Wildman–Crippen MR) is 206 cm³/mol. The number of hydrogen-bond donors (Lipinski definition) is 5. The van der Waals surface area contributed by atoms with Crippen LogP contribution in [0.1, 0.15) is 94.1 Å². The summed E-state index contributed by atoms with van der Waals surface area (Å²) < 4.78 is -0.752. The van der Waals surface area contributed by atoms with Gasteiger partial charge in [0.15, 0.2) is 0 Å². The van der Waals surface area contributed by atoms with Gasteiger partial charge in [-0.05, 0) is 70.9 Å². The molecule has 1 rings (SSSR count). The molecule has 49 heavy (non-hydrogen) atoms. The molecule has 0 saturated heterocycles. The average Bonchev–Trinajstić information content (AvgIpc) is 3.08. The summed E-state index contributed by atoms with van der Waals surface area (Å²) in [5, 5.41) is 24.4. The number of aromatic nitrogens is 1. The molecule has 0 aromatic carbocycles. The van der Waals surface area contributed by atoms with Gasteiger partial charge in [0.1, 0.15) is 0 Å². The van der Waals surface area contributed by atoms with Gasteiger partial charge in [-0.15, -0.1) is 0 Å². The number of nitrogens with one attached hydrogen (secondary N) is 2. The number of allylic oxidation sites excluding steroid dienone is 12. The highest BCUT2D eigenvalue weighted by atomic mass is 33.1. The first kappa shape index (κ1) is 43.6. The predicted octanol–water partition coefficient (Wildman–Crippen LogP) is 6.49. The lowest BCUT2D eigenvalue weighted by atomic mass is 9.87. The number of carbonyl (C=O) groups excluding carboxylic acids is 3.